The number of hydrogen-bond donors (Lipinski definition) is 0. The van der Waals surface area contributed by atoms with E-state index in [1.165, 1.54) is 12.1 Å². The Kier molecular flexibility index (Phi) is 4.92. The maximum absolute atomic E-state index is 14.0. The summed E-state index contributed by atoms with van der Waals surface area (Å²) in [4.78, 5) is 8.71. The molecule has 10 heteroatoms. The number of rotatable bonds is 4. The van der Waals surface area contributed by atoms with Crippen molar-refractivity contribution in [2.45, 2.75) is 12.7 Å². The first kappa shape index (κ1) is 20.8. The van der Waals surface area contributed by atoms with Crippen LogP contribution in [0.5, 0.6) is 0 Å². The number of nitrogens with zero attached hydrogens (tertiary/aromatic N) is 4. The van der Waals surface area contributed by atoms with Crippen molar-refractivity contribution >= 4 is 0 Å². The van der Waals surface area contributed by atoms with E-state index >= 15 is 0 Å². The summed E-state index contributed by atoms with van der Waals surface area (Å²) in [6.45, 7) is 0.146. The largest absolute Gasteiger partial charge is 0.417 e. The highest BCUT2D eigenvalue weighted by Gasteiger charge is 2.35. The molecule has 166 valence electrons. The van der Waals surface area contributed by atoms with Gasteiger partial charge in [-0.05, 0) is 36.4 Å². The van der Waals surface area contributed by atoms with Gasteiger partial charge in [0.15, 0.2) is 11.6 Å². The predicted octanol–water partition coefficient (Wildman–Crippen LogP) is 6.05. The lowest BCUT2D eigenvalue weighted by atomic mass is 10.0. The first-order valence-corrected chi connectivity index (χ1v) is 9.69. The SMILES string of the molecule is Fc1ccc(-c2cc(Cn3ccc4nc(-c5ccccc5F)nc-4c3)on2)c(C(F)(F)F)c1. The van der Waals surface area contributed by atoms with Gasteiger partial charge in [-0.3, -0.25) is 0 Å². The summed E-state index contributed by atoms with van der Waals surface area (Å²) in [6, 6.07) is 11.6. The monoisotopic (exact) mass is 456 g/mol. The molecule has 2 aromatic carbocycles. The summed E-state index contributed by atoms with van der Waals surface area (Å²) in [5.74, 6) is -0.905. The molecule has 5 nitrogen and oxygen atoms in total. The van der Waals surface area contributed by atoms with E-state index in [0.717, 1.165) is 12.1 Å². The highest BCUT2D eigenvalue weighted by Crippen LogP contribution is 2.37. The van der Waals surface area contributed by atoms with Crippen LogP contribution in [-0.2, 0) is 12.7 Å². The minimum Gasteiger partial charge on any atom is -0.359 e. The van der Waals surface area contributed by atoms with Crippen LogP contribution in [0, 0.1) is 11.6 Å². The summed E-state index contributed by atoms with van der Waals surface area (Å²) >= 11 is 0. The molecule has 0 radical (unpaired) electrons. The number of fused-ring (bicyclic) bond motifs is 1. The van der Waals surface area contributed by atoms with Crippen LogP contribution in [0.25, 0.3) is 34.0 Å². The van der Waals surface area contributed by atoms with E-state index in [4.69, 9.17) is 4.52 Å². The molecule has 33 heavy (non-hydrogen) atoms. The number of benzene rings is 2. The van der Waals surface area contributed by atoms with Crippen LogP contribution in [0.1, 0.15) is 11.3 Å². The van der Waals surface area contributed by atoms with E-state index in [1.54, 1.807) is 41.2 Å². The van der Waals surface area contributed by atoms with Crippen molar-refractivity contribution in [1.29, 1.82) is 0 Å². The topological polar surface area (TPSA) is 56.7 Å². The predicted molar refractivity (Wildman–Crippen MR) is 108 cm³/mol. The molecule has 0 saturated carbocycles. The lowest BCUT2D eigenvalue weighted by Gasteiger charge is -2.10. The second-order valence-corrected chi connectivity index (χ2v) is 7.28. The van der Waals surface area contributed by atoms with E-state index in [9.17, 15) is 22.0 Å². The van der Waals surface area contributed by atoms with Gasteiger partial charge in [0.05, 0.1) is 23.4 Å². The normalized spacial score (nSPS) is 11.9. The molecule has 5 rings (SSSR count). The van der Waals surface area contributed by atoms with Crippen molar-refractivity contribution in [3.05, 3.63) is 89.9 Å². The Balaban J connectivity index is 1.43. The van der Waals surface area contributed by atoms with Crippen LogP contribution in [0.2, 0.25) is 0 Å². The molecule has 0 bridgehead atoms. The van der Waals surface area contributed by atoms with Gasteiger partial charge in [0.2, 0.25) is 0 Å². The molecule has 1 aromatic heterocycles. The molecular formula is C23H13F5N4O. The molecule has 0 spiro atoms. The van der Waals surface area contributed by atoms with Crippen LogP contribution in [-0.4, -0.2) is 19.7 Å². The molecule has 0 fully saturated rings. The Morgan fingerprint density at radius 2 is 1.64 bits per heavy atom. The average molecular weight is 456 g/mol. The summed E-state index contributed by atoms with van der Waals surface area (Å²) < 4.78 is 74.2. The van der Waals surface area contributed by atoms with Gasteiger partial charge < -0.3 is 9.09 Å². The number of alkyl halides is 3. The third kappa shape index (κ3) is 4.07. The zero-order chi connectivity index (χ0) is 23.2. The van der Waals surface area contributed by atoms with Crippen LogP contribution in [0.4, 0.5) is 22.0 Å². The highest BCUT2D eigenvalue weighted by molar-refractivity contribution is 5.66. The fourth-order valence-corrected chi connectivity index (χ4v) is 3.48. The number of pyridine rings is 1. The second kappa shape index (κ2) is 7.80. The summed E-state index contributed by atoms with van der Waals surface area (Å²) in [6.07, 6.45) is -1.40. The number of aromatic nitrogens is 4. The lowest BCUT2D eigenvalue weighted by molar-refractivity contribution is -0.137. The zero-order valence-corrected chi connectivity index (χ0v) is 16.6. The molecule has 0 atom stereocenters. The zero-order valence-electron chi connectivity index (χ0n) is 16.6. The molecule has 2 aliphatic heterocycles. The first-order valence-electron chi connectivity index (χ1n) is 9.69. The highest BCUT2D eigenvalue weighted by atomic mass is 19.4. The van der Waals surface area contributed by atoms with Crippen molar-refractivity contribution in [2.24, 2.45) is 0 Å². The molecule has 0 unspecified atom stereocenters. The van der Waals surface area contributed by atoms with E-state index in [2.05, 4.69) is 15.1 Å². The van der Waals surface area contributed by atoms with Gasteiger partial charge in [0.25, 0.3) is 0 Å². The van der Waals surface area contributed by atoms with Gasteiger partial charge >= 0.3 is 6.18 Å². The maximum Gasteiger partial charge on any atom is 0.417 e. The second-order valence-electron chi connectivity index (χ2n) is 7.28. The summed E-state index contributed by atoms with van der Waals surface area (Å²) in [5.41, 5.74) is -0.133. The molecule has 3 aromatic rings. The van der Waals surface area contributed by atoms with Gasteiger partial charge in [-0.25, -0.2) is 18.7 Å². The average Bonchev–Trinajstić information content (AvgIpc) is 3.40. The third-order valence-electron chi connectivity index (χ3n) is 5.00. The summed E-state index contributed by atoms with van der Waals surface area (Å²) in [7, 11) is 0. The molecular weight excluding hydrogens is 443 g/mol. The Morgan fingerprint density at radius 1 is 0.848 bits per heavy atom. The van der Waals surface area contributed by atoms with Crippen molar-refractivity contribution in [3.8, 4) is 34.0 Å². The van der Waals surface area contributed by atoms with Gasteiger partial charge in [0.1, 0.15) is 23.0 Å². The molecule has 0 aliphatic carbocycles. The third-order valence-corrected chi connectivity index (χ3v) is 5.00. The van der Waals surface area contributed by atoms with Crippen molar-refractivity contribution in [3.63, 3.8) is 0 Å². The molecule has 0 saturated heterocycles. The molecule has 3 heterocycles. The van der Waals surface area contributed by atoms with Crippen LogP contribution in [0.15, 0.2) is 71.5 Å². The van der Waals surface area contributed by atoms with E-state index in [-0.39, 0.29) is 35.0 Å². The first-order chi connectivity index (χ1) is 15.8. The maximum atomic E-state index is 14.0. The minimum atomic E-state index is -4.75. The minimum absolute atomic E-state index is 0.0612. The van der Waals surface area contributed by atoms with Gasteiger partial charge in [-0.2, -0.15) is 13.2 Å². The van der Waals surface area contributed by atoms with Crippen molar-refractivity contribution in [2.75, 3.05) is 0 Å². The Labute approximate surface area is 183 Å². The van der Waals surface area contributed by atoms with Crippen molar-refractivity contribution < 1.29 is 26.5 Å². The molecule has 0 amide bonds. The quantitative estimate of drug-likeness (QED) is 0.309. The van der Waals surface area contributed by atoms with E-state index in [0.29, 0.717) is 17.5 Å². The Hall–Kier alpha value is -4.08. The number of halogens is 5. The molecule has 2 aliphatic rings. The van der Waals surface area contributed by atoms with Crippen LogP contribution in [0.3, 0.4) is 0 Å². The standard InChI is InChI=1S/C23H13F5N4O/c24-13-5-6-15(17(9-13)23(26,27)28)20-10-14(33-31-20)11-32-8-7-19-21(12-32)30-22(29-19)16-3-1-2-4-18(16)25/h1-10,12H,11H2. The summed E-state index contributed by atoms with van der Waals surface area (Å²) in [5, 5.41) is 3.72. The lowest BCUT2D eigenvalue weighted by Crippen LogP contribution is -2.07. The Morgan fingerprint density at radius 3 is 2.42 bits per heavy atom. The van der Waals surface area contributed by atoms with Crippen LogP contribution < -0.4 is 0 Å². The Bertz CT molecular complexity index is 1420. The number of hydrogen-bond acceptors (Lipinski definition) is 4. The number of imidazole rings is 1. The van der Waals surface area contributed by atoms with Gasteiger partial charge in [-0.1, -0.05) is 17.3 Å². The van der Waals surface area contributed by atoms with Crippen LogP contribution >= 0.6 is 0 Å². The van der Waals surface area contributed by atoms with Crippen molar-refractivity contribution in [1.82, 2.24) is 19.7 Å². The smallest absolute Gasteiger partial charge is 0.359 e. The van der Waals surface area contributed by atoms with Gasteiger partial charge in [-0.15, -0.1) is 0 Å². The fraction of sp³-hybridized carbons (Fsp3) is 0.0870. The van der Waals surface area contributed by atoms with Gasteiger partial charge in [0, 0.05) is 24.0 Å². The fourth-order valence-electron chi connectivity index (χ4n) is 3.48. The van der Waals surface area contributed by atoms with E-state index in [1.807, 2.05) is 0 Å². The molecule has 0 N–H and O–H groups in total. The van der Waals surface area contributed by atoms with E-state index < -0.39 is 23.4 Å².